The largest absolute Gasteiger partial charge is 0.496 e. The summed E-state index contributed by atoms with van der Waals surface area (Å²) in [5, 5.41) is 2.23. The average Bonchev–Trinajstić information content (AvgIpc) is 2.39. The second kappa shape index (κ2) is 5.14. The van der Waals surface area contributed by atoms with Crippen LogP contribution in [0.3, 0.4) is 0 Å². The lowest BCUT2D eigenvalue weighted by atomic mass is 10.3. The van der Waals surface area contributed by atoms with Crippen LogP contribution in [0, 0.1) is 6.66 Å². The van der Waals surface area contributed by atoms with Gasteiger partial charge in [0.15, 0.2) is 0 Å². The molecule has 0 saturated carbocycles. The van der Waals surface area contributed by atoms with Crippen LogP contribution in [0.4, 0.5) is 0 Å². The van der Waals surface area contributed by atoms with E-state index in [2.05, 4.69) is 12.1 Å². The van der Waals surface area contributed by atoms with Gasteiger partial charge in [-0.05, 0) is 19.3 Å². The van der Waals surface area contributed by atoms with Crippen molar-refractivity contribution in [1.82, 2.24) is 0 Å². The summed E-state index contributed by atoms with van der Waals surface area (Å²) in [6, 6.07) is 18.0. The first kappa shape index (κ1) is 11.2. The second-order valence-corrected chi connectivity index (χ2v) is 5.12. The monoisotopic (exact) mass is 228 g/mol. The number of hydrogen-bond donors (Lipinski definition) is 0. The van der Waals surface area contributed by atoms with E-state index in [9.17, 15) is 0 Å². The third kappa shape index (κ3) is 2.25. The highest BCUT2D eigenvalue weighted by Gasteiger charge is 2.11. The van der Waals surface area contributed by atoms with Gasteiger partial charge in [0.1, 0.15) is 5.75 Å². The molecule has 0 aliphatic carbocycles. The smallest absolute Gasteiger partial charge is 0.126 e. The summed E-state index contributed by atoms with van der Waals surface area (Å²) in [5.74, 6) is 0.861. The van der Waals surface area contributed by atoms with Crippen LogP contribution in [0.15, 0.2) is 54.6 Å². The Morgan fingerprint density at radius 2 is 1.56 bits per heavy atom. The summed E-state index contributed by atoms with van der Waals surface area (Å²) in [5.41, 5.74) is 0. The van der Waals surface area contributed by atoms with Crippen molar-refractivity contribution >= 4 is 18.5 Å². The van der Waals surface area contributed by atoms with Crippen molar-refractivity contribution in [1.29, 1.82) is 0 Å². The highest BCUT2D eigenvalue weighted by Crippen LogP contribution is 2.34. The van der Waals surface area contributed by atoms with E-state index in [0.717, 1.165) is 16.4 Å². The fourth-order valence-electron chi connectivity index (χ4n) is 1.56. The molecule has 2 aromatic carbocycles. The molecule has 1 unspecified atom stereocenters. The zero-order chi connectivity index (χ0) is 11.4. The Kier molecular flexibility index (Phi) is 3.58. The molecule has 80 valence electrons. The predicted octanol–water partition coefficient (Wildman–Crippen LogP) is 2.80. The summed E-state index contributed by atoms with van der Waals surface area (Å²) >= 11 is 0. The molecule has 0 heterocycles. The van der Waals surface area contributed by atoms with Crippen LogP contribution in [0.5, 0.6) is 5.75 Å². The van der Waals surface area contributed by atoms with Gasteiger partial charge in [-0.2, -0.15) is 0 Å². The van der Waals surface area contributed by atoms with E-state index in [4.69, 9.17) is 11.4 Å². The number of ether oxygens (including phenoxy) is 1. The minimum atomic E-state index is -0.822. The summed E-state index contributed by atoms with van der Waals surface area (Å²) < 4.78 is 5.32. The molecule has 0 fully saturated rings. The molecule has 0 N–H and O–H groups in total. The molecule has 2 heteroatoms. The van der Waals surface area contributed by atoms with Crippen molar-refractivity contribution in [2.45, 2.75) is 0 Å². The maximum Gasteiger partial charge on any atom is 0.126 e. The summed E-state index contributed by atoms with van der Waals surface area (Å²) in [6.07, 6.45) is 0. The SMILES string of the molecule is [CH]P(c1ccccc1)c1ccccc1OC. The van der Waals surface area contributed by atoms with Crippen molar-refractivity contribution in [2.75, 3.05) is 7.11 Å². The van der Waals surface area contributed by atoms with Crippen LogP contribution in [-0.2, 0) is 0 Å². The molecular weight excluding hydrogens is 215 g/mol. The molecule has 1 nitrogen and oxygen atoms in total. The maximum absolute atomic E-state index is 6.28. The molecule has 0 aromatic heterocycles. The molecule has 0 aliphatic heterocycles. The van der Waals surface area contributed by atoms with Crippen molar-refractivity contribution in [3.8, 4) is 5.75 Å². The molecule has 0 saturated heterocycles. The minimum absolute atomic E-state index is 0.822. The maximum atomic E-state index is 6.28. The Balaban J connectivity index is 2.37. The average molecular weight is 228 g/mol. The number of rotatable bonds is 3. The third-order valence-electron chi connectivity index (χ3n) is 2.38. The van der Waals surface area contributed by atoms with E-state index in [1.807, 2.05) is 42.5 Å². The quantitative estimate of drug-likeness (QED) is 0.734. The Morgan fingerprint density at radius 3 is 2.25 bits per heavy atom. The Hall–Kier alpha value is -1.33. The lowest BCUT2D eigenvalue weighted by molar-refractivity contribution is 0.418. The first-order chi connectivity index (χ1) is 7.83. The lowest BCUT2D eigenvalue weighted by Crippen LogP contribution is -2.11. The van der Waals surface area contributed by atoms with Gasteiger partial charge in [0.25, 0.3) is 0 Å². The van der Waals surface area contributed by atoms with Crippen molar-refractivity contribution in [3.63, 3.8) is 0 Å². The van der Waals surface area contributed by atoms with Gasteiger partial charge in [-0.3, -0.25) is 0 Å². The van der Waals surface area contributed by atoms with E-state index < -0.39 is 7.92 Å². The highest BCUT2D eigenvalue weighted by atomic mass is 31.1. The van der Waals surface area contributed by atoms with Gasteiger partial charge in [-0.1, -0.05) is 48.5 Å². The van der Waals surface area contributed by atoms with Gasteiger partial charge in [0, 0.05) is 12.0 Å². The van der Waals surface area contributed by atoms with E-state index in [0.29, 0.717) is 0 Å². The van der Waals surface area contributed by atoms with Crippen LogP contribution in [-0.4, -0.2) is 7.11 Å². The lowest BCUT2D eigenvalue weighted by Gasteiger charge is -2.15. The number of para-hydroxylation sites is 1. The molecule has 16 heavy (non-hydrogen) atoms. The zero-order valence-electron chi connectivity index (χ0n) is 9.13. The predicted molar refractivity (Wildman–Crippen MR) is 69.9 cm³/mol. The van der Waals surface area contributed by atoms with Crippen LogP contribution >= 0.6 is 7.92 Å². The van der Waals surface area contributed by atoms with E-state index in [-0.39, 0.29) is 0 Å². The first-order valence-electron chi connectivity index (χ1n) is 5.06. The van der Waals surface area contributed by atoms with Gasteiger partial charge in [0.2, 0.25) is 0 Å². The summed E-state index contributed by atoms with van der Waals surface area (Å²) in [4.78, 5) is 0. The summed E-state index contributed by atoms with van der Waals surface area (Å²) in [7, 11) is 0.851. The summed E-state index contributed by atoms with van der Waals surface area (Å²) in [6.45, 7) is 6.28. The molecule has 2 radical (unpaired) electrons. The van der Waals surface area contributed by atoms with Gasteiger partial charge in [-0.25, -0.2) is 0 Å². The van der Waals surface area contributed by atoms with Crippen LogP contribution in [0.2, 0.25) is 0 Å². The second-order valence-electron chi connectivity index (χ2n) is 3.38. The van der Waals surface area contributed by atoms with E-state index in [1.165, 1.54) is 0 Å². The molecule has 0 aliphatic rings. The topological polar surface area (TPSA) is 9.23 Å². The molecule has 0 amide bonds. The number of methoxy groups -OCH3 is 1. The van der Waals surface area contributed by atoms with E-state index >= 15 is 0 Å². The molecule has 0 bridgehead atoms. The fraction of sp³-hybridized carbons (Fsp3) is 0.0714. The standard InChI is InChI=1S/C14H13OP/c1-15-13-10-6-7-11-14(13)16(2)12-8-4-3-5-9-12/h2-11H,1H3. The zero-order valence-corrected chi connectivity index (χ0v) is 10.0. The van der Waals surface area contributed by atoms with Crippen LogP contribution in [0.1, 0.15) is 0 Å². The molecule has 1 atom stereocenters. The van der Waals surface area contributed by atoms with Crippen molar-refractivity contribution < 1.29 is 4.74 Å². The fourth-order valence-corrected chi connectivity index (χ4v) is 2.98. The molecular formula is C14H13OP. The molecule has 0 spiro atoms. The molecule has 2 rings (SSSR count). The Bertz CT molecular complexity index is 453. The van der Waals surface area contributed by atoms with Gasteiger partial charge in [0.05, 0.1) is 7.11 Å². The van der Waals surface area contributed by atoms with Gasteiger partial charge >= 0.3 is 0 Å². The van der Waals surface area contributed by atoms with Crippen LogP contribution < -0.4 is 15.3 Å². The number of hydrogen-bond acceptors (Lipinski definition) is 1. The third-order valence-corrected chi connectivity index (χ3v) is 4.12. The van der Waals surface area contributed by atoms with Crippen molar-refractivity contribution in [3.05, 3.63) is 61.3 Å². The number of benzene rings is 2. The normalized spacial score (nSPS) is 12.1. The van der Waals surface area contributed by atoms with Crippen molar-refractivity contribution in [2.24, 2.45) is 0 Å². The first-order valence-corrected chi connectivity index (χ1v) is 6.47. The van der Waals surface area contributed by atoms with Crippen LogP contribution in [0.25, 0.3) is 0 Å². The van der Waals surface area contributed by atoms with Gasteiger partial charge < -0.3 is 4.74 Å². The Morgan fingerprint density at radius 1 is 0.938 bits per heavy atom. The Labute approximate surface area is 97.8 Å². The molecule has 2 aromatic rings. The van der Waals surface area contributed by atoms with E-state index in [1.54, 1.807) is 7.11 Å². The highest BCUT2D eigenvalue weighted by molar-refractivity contribution is 7.74. The van der Waals surface area contributed by atoms with Gasteiger partial charge in [-0.15, -0.1) is 0 Å². The minimum Gasteiger partial charge on any atom is -0.496 e.